The van der Waals surface area contributed by atoms with Crippen molar-refractivity contribution in [2.24, 2.45) is 14.1 Å². The van der Waals surface area contributed by atoms with Gasteiger partial charge in [0.05, 0.1) is 23.8 Å². The average Bonchev–Trinajstić information content (AvgIpc) is 3.28. The van der Waals surface area contributed by atoms with Crippen LogP contribution in [0.5, 0.6) is 23.4 Å². The van der Waals surface area contributed by atoms with Gasteiger partial charge >= 0.3 is 17.6 Å². The van der Waals surface area contributed by atoms with Crippen molar-refractivity contribution < 1.29 is 23.0 Å². The van der Waals surface area contributed by atoms with E-state index in [0.29, 0.717) is 17.6 Å². The molecular weight excluding hydrogens is 460 g/mol. The van der Waals surface area contributed by atoms with E-state index in [2.05, 4.69) is 35.8 Å². The SMILES string of the molecule is Cc1ccccc1Oc1cccc(Oc2cccc(-c3c(C)ccc4c3oc3ccccc34)[n+]2C)[n+]1C. The maximum atomic E-state index is 6.44. The van der Waals surface area contributed by atoms with Gasteiger partial charge in [0.15, 0.2) is 0 Å². The van der Waals surface area contributed by atoms with Crippen molar-refractivity contribution in [1.82, 2.24) is 0 Å². The highest BCUT2D eigenvalue weighted by molar-refractivity contribution is 6.09. The Hall–Kier alpha value is -4.64. The van der Waals surface area contributed by atoms with E-state index < -0.39 is 0 Å². The fourth-order valence-corrected chi connectivity index (χ4v) is 4.76. The molecule has 3 aromatic heterocycles. The molecule has 0 aliphatic rings. The van der Waals surface area contributed by atoms with E-state index >= 15 is 0 Å². The zero-order valence-corrected chi connectivity index (χ0v) is 21.4. The summed E-state index contributed by atoms with van der Waals surface area (Å²) in [6.45, 7) is 4.15. The van der Waals surface area contributed by atoms with Crippen LogP contribution in [-0.4, -0.2) is 0 Å². The van der Waals surface area contributed by atoms with Crippen molar-refractivity contribution in [2.75, 3.05) is 0 Å². The van der Waals surface area contributed by atoms with E-state index in [-0.39, 0.29) is 0 Å². The fourth-order valence-electron chi connectivity index (χ4n) is 4.76. The first kappa shape index (κ1) is 22.8. The van der Waals surface area contributed by atoms with Crippen molar-refractivity contribution in [3.8, 4) is 34.6 Å². The highest BCUT2D eigenvalue weighted by Gasteiger charge is 2.25. The number of ether oxygens (including phenoxy) is 2. The summed E-state index contributed by atoms with van der Waals surface area (Å²) in [5.41, 5.74) is 6.05. The Morgan fingerprint density at radius 2 is 1.24 bits per heavy atom. The van der Waals surface area contributed by atoms with Crippen molar-refractivity contribution in [2.45, 2.75) is 13.8 Å². The molecule has 37 heavy (non-hydrogen) atoms. The molecule has 0 saturated heterocycles. The minimum atomic E-state index is 0.664. The Morgan fingerprint density at radius 3 is 2.05 bits per heavy atom. The number of fused-ring (bicyclic) bond motifs is 3. The van der Waals surface area contributed by atoms with Crippen molar-refractivity contribution in [3.63, 3.8) is 0 Å². The lowest BCUT2D eigenvalue weighted by atomic mass is 10.0. The second-order valence-electron chi connectivity index (χ2n) is 9.27. The quantitative estimate of drug-likeness (QED) is 0.243. The highest BCUT2D eigenvalue weighted by atomic mass is 16.5. The summed E-state index contributed by atoms with van der Waals surface area (Å²) in [7, 11) is 3.95. The number of hydrogen-bond donors (Lipinski definition) is 0. The van der Waals surface area contributed by atoms with Gasteiger partial charge in [-0.2, -0.15) is 4.57 Å². The number of para-hydroxylation sites is 2. The average molecular weight is 489 g/mol. The van der Waals surface area contributed by atoms with Crippen LogP contribution >= 0.6 is 0 Å². The maximum Gasteiger partial charge on any atom is 0.380 e. The van der Waals surface area contributed by atoms with Gasteiger partial charge in [0.2, 0.25) is 5.69 Å². The lowest BCUT2D eigenvalue weighted by Gasteiger charge is -2.10. The molecule has 182 valence electrons. The zero-order valence-electron chi connectivity index (χ0n) is 21.4. The summed E-state index contributed by atoms with van der Waals surface area (Å²) in [6, 6.07) is 32.3. The number of pyridine rings is 2. The van der Waals surface area contributed by atoms with Gasteiger partial charge in [-0.25, -0.2) is 0 Å². The van der Waals surface area contributed by atoms with Gasteiger partial charge in [0.25, 0.3) is 0 Å². The molecule has 0 bridgehead atoms. The predicted octanol–water partition coefficient (Wildman–Crippen LogP) is 7.10. The molecule has 0 aliphatic carbocycles. The van der Waals surface area contributed by atoms with E-state index in [9.17, 15) is 0 Å². The molecule has 0 atom stereocenters. The van der Waals surface area contributed by atoms with Gasteiger partial charge < -0.3 is 13.9 Å². The summed E-state index contributed by atoms with van der Waals surface area (Å²) >= 11 is 0. The minimum Gasteiger partial charge on any atom is -0.455 e. The molecular formula is C32H28N2O3+2. The van der Waals surface area contributed by atoms with E-state index in [1.165, 1.54) is 0 Å². The summed E-state index contributed by atoms with van der Waals surface area (Å²) in [6.07, 6.45) is 0. The topological polar surface area (TPSA) is 39.4 Å². The first-order valence-corrected chi connectivity index (χ1v) is 12.3. The first-order chi connectivity index (χ1) is 18.0. The van der Waals surface area contributed by atoms with Crippen LogP contribution in [-0.2, 0) is 14.1 Å². The van der Waals surface area contributed by atoms with Crippen LogP contribution in [0, 0.1) is 13.8 Å². The molecule has 0 amide bonds. The first-order valence-electron chi connectivity index (χ1n) is 12.3. The largest absolute Gasteiger partial charge is 0.455 e. The van der Waals surface area contributed by atoms with Gasteiger partial charge in [-0.1, -0.05) is 48.5 Å². The minimum absolute atomic E-state index is 0.664. The van der Waals surface area contributed by atoms with Gasteiger partial charge in [-0.05, 0) is 49.2 Å². The smallest absolute Gasteiger partial charge is 0.380 e. The van der Waals surface area contributed by atoms with Crippen LogP contribution in [0.25, 0.3) is 33.2 Å². The second-order valence-corrected chi connectivity index (χ2v) is 9.27. The third-order valence-electron chi connectivity index (χ3n) is 6.85. The summed E-state index contributed by atoms with van der Waals surface area (Å²) in [5.74, 6) is 2.87. The molecule has 0 N–H and O–H groups in total. The van der Waals surface area contributed by atoms with Crippen LogP contribution in [0.15, 0.2) is 101 Å². The Morgan fingerprint density at radius 1 is 0.568 bits per heavy atom. The van der Waals surface area contributed by atoms with E-state index in [1.807, 2.05) is 98.4 Å². The zero-order chi connectivity index (χ0) is 25.5. The molecule has 0 saturated carbocycles. The molecule has 0 aliphatic heterocycles. The molecule has 0 spiro atoms. The van der Waals surface area contributed by atoms with E-state index in [4.69, 9.17) is 13.9 Å². The van der Waals surface area contributed by atoms with Crippen LogP contribution < -0.4 is 18.6 Å². The maximum absolute atomic E-state index is 6.44. The number of aryl methyl sites for hydroxylation is 2. The standard InChI is InChI=1S/C32H28N2O3/c1-21-11-5-7-14-26(21)35-29-17-10-18-30(34(29)4)37-28-16-9-13-25(33(28)3)31-22(2)19-20-24-23-12-6-8-15-27(23)36-32(24)31/h5-20H,1-4H3/q+2. The van der Waals surface area contributed by atoms with Crippen LogP contribution in [0.2, 0.25) is 0 Å². The lowest BCUT2D eigenvalue weighted by molar-refractivity contribution is -0.693. The molecule has 6 aromatic rings. The second kappa shape index (κ2) is 9.10. The van der Waals surface area contributed by atoms with Gasteiger partial charge in [0.1, 0.15) is 31.0 Å². The van der Waals surface area contributed by atoms with Crippen molar-refractivity contribution in [1.29, 1.82) is 0 Å². The Bertz CT molecular complexity index is 1790. The van der Waals surface area contributed by atoms with Gasteiger partial charge in [-0.3, -0.25) is 0 Å². The van der Waals surface area contributed by atoms with E-state index in [1.54, 1.807) is 0 Å². The number of aromatic nitrogens is 2. The molecule has 0 radical (unpaired) electrons. The summed E-state index contributed by atoms with van der Waals surface area (Å²) in [5, 5.41) is 2.22. The molecule has 0 fully saturated rings. The number of furan rings is 1. The Labute approximate surface area is 215 Å². The predicted molar refractivity (Wildman–Crippen MR) is 144 cm³/mol. The molecule has 3 aromatic carbocycles. The Kier molecular flexibility index (Phi) is 5.61. The number of nitrogens with zero attached hydrogens (tertiary/aromatic N) is 2. The molecule has 3 heterocycles. The molecule has 5 heteroatoms. The molecule has 0 unspecified atom stereocenters. The third-order valence-corrected chi connectivity index (χ3v) is 6.85. The van der Waals surface area contributed by atoms with Crippen LogP contribution in [0.4, 0.5) is 0 Å². The highest BCUT2D eigenvalue weighted by Crippen LogP contribution is 2.37. The summed E-state index contributed by atoms with van der Waals surface area (Å²) < 4.78 is 23.0. The third kappa shape index (κ3) is 3.99. The monoisotopic (exact) mass is 488 g/mol. The molecule has 5 nitrogen and oxygen atoms in total. The molecule has 6 rings (SSSR count). The number of hydrogen-bond acceptors (Lipinski definition) is 3. The van der Waals surface area contributed by atoms with E-state index in [0.717, 1.165) is 50.1 Å². The lowest BCUT2D eigenvalue weighted by Crippen LogP contribution is -2.36. The van der Waals surface area contributed by atoms with Crippen LogP contribution in [0.3, 0.4) is 0 Å². The van der Waals surface area contributed by atoms with Crippen molar-refractivity contribution in [3.05, 3.63) is 108 Å². The van der Waals surface area contributed by atoms with Gasteiger partial charge in [0, 0.05) is 16.8 Å². The fraction of sp³-hybridized carbons (Fsp3) is 0.125. The number of rotatable bonds is 5. The normalized spacial score (nSPS) is 11.2. The number of benzene rings is 3. The summed E-state index contributed by atoms with van der Waals surface area (Å²) in [4.78, 5) is 0. The van der Waals surface area contributed by atoms with Gasteiger partial charge in [-0.15, -0.1) is 4.57 Å². The van der Waals surface area contributed by atoms with Crippen molar-refractivity contribution >= 4 is 21.9 Å². The Balaban J connectivity index is 1.41. The van der Waals surface area contributed by atoms with Crippen LogP contribution in [0.1, 0.15) is 11.1 Å².